The molecule has 1 aromatic rings. The minimum absolute atomic E-state index is 0.235. The number of nitrogens with one attached hydrogen (secondary N) is 1. The third kappa shape index (κ3) is 3.90. The lowest BCUT2D eigenvalue weighted by Crippen LogP contribution is -2.27. The molecule has 0 aromatic heterocycles. The van der Waals surface area contributed by atoms with Gasteiger partial charge in [0.2, 0.25) is 0 Å². The second kappa shape index (κ2) is 6.85. The molecule has 2 rings (SSSR count). The number of esters is 1. The predicted octanol–water partition coefficient (Wildman–Crippen LogP) is 3.69. The van der Waals surface area contributed by atoms with Gasteiger partial charge in [-0.1, -0.05) is 25.0 Å². The molecule has 1 saturated carbocycles. The van der Waals surface area contributed by atoms with Crippen molar-refractivity contribution < 1.29 is 9.53 Å². The van der Waals surface area contributed by atoms with Crippen molar-refractivity contribution in [3.63, 3.8) is 0 Å². The molecule has 104 valence electrons. The number of thioether (sulfide) groups is 1. The molecular weight excluding hydrogens is 258 g/mol. The van der Waals surface area contributed by atoms with Crippen molar-refractivity contribution in [2.75, 3.05) is 12.4 Å². The van der Waals surface area contributed by atoms with Crippen LogP contribution in [-0.4, -0.2) is 24.4 Å². The summed E-state index contributed by atoms with van der Waals surface area (Å²) < 4.78 is 4.75. The van der Waals surface area contributed by atoms with Crippen molar-refractivity contribution in [3.05, 3.63) is 24.3 Å². The summed E-state index contributed by atoms with van der Waals surface area (Å²) in [5, 5.41) is 3.96. The zero-order chi connectivity index (χ0) is 13.7. The quantitative estimate of drug-likeness (QED) is 0.834. The molecule has 0 aliphatic heterocycles. The fraction of sp³-hybridized carbons (Fsp3) is 0.533. The number of ether oxygens (including phenoxy) is 1. The summed E-state index contributed by atoms with van der Waals surface area (Å²) in [7, 11) is 1.42. The standard InChI is InChI=1S/C15H21NO2S/c1-11(15(17)18-2)16-13-9-5-6-10-14(13)19-12-7-3-4-8-12/h5-6,9-12,16H,3-4,7-8H2,1-2H3. The maximum atomic E-state index is 11.5. The van der Waals surface area contributed by atoms with Gasteiger partial charge < -0.3 is 10.1 Å². The number of methoxy groups -OCH3 is 1. The van der Waals surface area contributed by atoms with Gasteiger partial charge >= 0.3 is 5.97 Å². The second-order valence-electron chi connectivity index (χ2n) is 4.91. The zero-order valence-electron chi connectivity index (χ0n) is 11.5. The van der Waals surface area contributed by atoms with Crippen molar-refractivity contribution in [1.29, 1.82) is 0 Å². The number of carbonyl (C=O) groups is 1. The highest BCUT2D eigenvalue weighted by atomic mass is 32.2. The van der Waals surface area contributed by atoms with Gasteiger partial charge in [0.15, 0.2) is 0 Å². The Balaban J connectivity index is 2.04. The molecule has 0 saturated heterocycles. The topological polar surface area (TPSA) is 38.3 Å². The molecule has 1 N–H and O–H groups in total. The lowest BCUT2D eigenvalue weighted by Gasteiger charge is -2.17. The zero-order valence-corrected chi connectivity index (χ0v) is 12.3. The smallest absolute Gasteiger partial charge is 0.327 e. The van der Waals surface area contributed by atoms with Crippen molar-refractivity contribution >= 4 is 23.4 Å². The molecule has 1 aliphatic rings. The highest BCUT2D eigenvalue weighted by molar-refractivity contribution is 8.00. The molecule has 19 heavy (non-hydrogen) atoms. The Kier molecular flexibility index (Phi) is 5.14. The van der Waals surface area contributed by atoms with Crippen LogP contribution >= 0.6 is 11.8 Å². The van der Waals surface area contributed by atoms with Crippen molar-refractivity contribution in [1.82, 2.24) is 0 Å². The summed E-state index contributed by atoms with van der Waals surface area (Å²) in [5.74, 6) is -0.235. The maximum Gasteiger partial charge on any atom is 0.327 e. The number of rotatable bonds is 5. The van der Waals surface area contributed by atoms with Crippen LogP contribution in [0.4, 0.5) is 5.69 Å². The van der Waals surface area contributed by atoms with Crippen molar-refractivity contribution in [3.8, 4) is 0 Å². The number of hydrogen-bond donors (Lipinski definition) is 1. The van der Waals surface area contributed by atoms with Crippen molar-refractivity contribution in [2.45, 2.75) is 48.8 Å². The molecule has 1 aliphatic carbocycles. The van der Waals surface area contributed by atoms with E-state index >= 15 is 0 Å². The largest absolute Gasteiger partial charge is 0.467 e. The molecule has 3 nitrogen and oxygen atoms in total. The van der Waals surface area contributed by atoms with E-state index in [2.05, 4.69) is 11.4 Å². The molecule has 0 amide bonds. The fourth-order valence-electron chi connectivity index (χ4n) is 2.34. The van der Waals surface area contributed by atoms with Gasteiger partial charge in [-0.05, 0) is 31.9 Å². The first kappa shape index (κ1) is 14.3. The van der Waals surface area contributed by atoms with E-state index in [1.54, 1.807) is 0 Å². The minimum Gasteiger partial charge on any atom is -0.467 e. The summed E-state index contributed by atoms with van der Waals surface area (Å²) >= 11 is 1.92. The van der Waals surface area contributed by atoms with E-state index in [0.717, 1.165) is 10.9 Å². The molecular formula is C15H21NO2S. The first-order chi connectivity index (χ1) is 9.20. The lowest BCUT2D eigenvalue weighted by molar-refractivity contribution is -0.141. The Bertz CT molecular complexity index is 430. The van der Waals surface area contributed by atoms with Crippen molar-refractivity contribution in [2.24, 2.45) is 0 Å². The maximum absolute atomic E-state index is 11.5. The summed E-state index contributed by atoms with van der Waals surface area (Å²) in [6.45, 7) is 1.82. The van der Waals surface area contributed by atoms with Crippen LogP contribution in [0.1, 0.15) is 32.6 Å². The molecule has 1 unspecified atom stereocenters. The lowest BCUT2D eigenvalue weighted by atomic mass is 10.2. The van der Waals surface area contributed by atoms with E-state index in [4.69, 9.17) is 4.74 Å². The van der Waals surface area contributed by atoms with Crippen LogP contribution in [0.5, 0.6) is 0 Å². The summed E-state index contributed by atoms with van der Waals surface area (Å²) in [5.41, 5.74) is 1.03. The van der Waals surface area contributed by atoms with Gasteiger partial charge in [-0.2, -0.15) is 0 Å². The van der Waals surface area contributed by atoms with E-state index in [1.807, 2.05) is 36.9 Å². The SMILES string of the molecule is COC(=O)C(C)Nc1ccccc1SC1CCCC1. The molecule has 0 radical (unpaired) electrons. The predicted molar refractivity (Wildman–Crippen MR) is 79.7 cm³/mol. The summed E-state index contributed by atoms with van der Waals surface area (Å²) in [6, 6.07) is 7.86. The first-order valence-electron chi connectivity index (χ1n) is 6.80. The molecule has 0 bridgehead atoms. The number of carbonyl (C=O) groups excluding carboxylic acids is 1. The van der Waals surface area contributed by atoms with Gasteiger partial charge in [0.1, 0.15) is 6.04 Å². The monoisotopic (exact) mass is 279 g/mol. The van der Waals surface area contributed by atoms with E-state index in [-0.39, 0.29) is 12.0 Å². The normalized spacial score (nSPS) is 17.2. The van der Waals surface area contributed by atoms with Gasteiger partial charge in [0.05, 0.1) is 7.11 Å². The molecule has 1 fully saturated rings. The number of hydrogen-bond acceptors (Lipinski definition) is 4. The molecule has 0 heterocycles. The van der Waals surface area contributed by atoms with E-state index in [9.17, 15) is 4.79 Å². The average molecular weight is 279 g/mol. The van der Waals surface area contributed by atoms with E-state index in [1.165, 1.54) is 37.7 Å². The minimum atomic E-state index is -0.324. The Hall–Kier alpha value is -1.16. The highest BCUT2D eigenvalue weighted by Gasteiger charge is 2.19. The first-order valence-corrected chi connectivity index (χ1v) is 7.68. The van der Waals surface area contributed by atoms with Gasteiger partial charge in [-0.3, -0.25) is 0 Å². The number of para-hydroxylation sites is 1. The fourth-order valence-corrected chi connectivity index (χ4v) is 3.68. The molecule has 1 aromatic carbocycles. The Labute approximate surface area is 119 Å². The summed E-state index contributed by atoms with van der Waals surface area (Å²) in [4.78, 5) is 12.7. The third-order valence-corrected chi connectivity index (χ3v) is 4.82. The van der Waals surface area contributed by atoms with Crippen LogP contribution < -0.4 is 5.32 Å². The second-order valence-corrected chi connectivity index (χ2v) is 6.25. The van der Waals surface area contributed by atoms with E-state index < -0.39 is 0 Å². The number of anilines is 1. The van der Waals surface area contributed by atoms with Crippen LogP contribution in [-0.2, 0) is 9.53 Å². The molecule has 4 heteroatoms. The van der Waals surface area contributed by atoms with E-state index in [0.29, 0.717) is 0 Å². The van der Waals surface area contributed by atoms with Crippen LogP contribution in [0.25, 0.3) is 0 Å². The Morgan fingerprint density at radius 2 is 2.05 bits per heavy atom. The number of benzene rings is 1. The Morgan fingerprint density at radius 3 is 2.74 bits per heavy atom. The third-order valence-electron chi connectivity index (χ3n) is 3.41. The highest BCUT2D eigenvalue weighted by Crippen LogP contribution is 2.38. The van der Waals surface area contributed by atoms with Crippen LogP contribution in [0.15, 0.2) is 29.2 Å². The van der Waals surface area contributed by atoms with Gasteiger partial charge in [0, 0.05) is 15.8 Å². The Morgan fingerprint density at radius 1 is 1.37 bits per heavy atom. The van der Waals surface area contributed by atoms with Gasteiger partial charge in [0.25, 0.3) is 0 Å². The van der Waals surface area contributed by atoms with Crippen LogP contribution in [0.2, 0.25) is 0 Å². The molecule has 0 spiro atoms. The van der Waals surface area contributed by atoms with Gasteiger partial charge in [-0.15, -0.1) is 11.8 Å². The summed E-state index contributed by atoms with van der Waals surface area (Å²) in [6.07, 6.45) is 5.27. The molecule has 1 atom stereocenters. The van der Waals surface area contributed by atoms with Crippen LogP contribution in [0.3, 0.4) is 0 Å². The average Bonchev–Trinajstić information content (AvgIpc) is 2.93. The van der Waals surface area contributed by atoms with Gasteiger partial charge in [-0.25, -0.2) is 4.79 Å². The van der Waals surface area contributed by atoms with Crippen LogP contribution in [0, 0.1) is 0 Å².